The fourth-order valence-corrected chi connectivity index (χ4v) is 9.28. The van der Waals surface area contributed by atoms with Crippen molar-refractivity contribution < 1.29 is 4.42 Å². The molecule has 11 aromatic rings. The molecule has 0 spiro atoms. The van der Waals surface area contributed by atoms with Crippen LogP contribution in [0.5, 0.6) is 0 Å². The molecule has 0 amide bonds. The van der Waals surface area contributed by atoms with Gasteiger partial charge < -0.3 is 14.3 Å². The van der Waals surface area contributed by atoms with Gasteiger partial charge in [-0.3, -0.25) is 0 Å². The Morgan fingerprint density at radius 2 is 1.14 bits per heavy atom. The summed E-state index contributed by atoms with van der Waals surface area (Å²) in [5.74, 6) is 0. The summed E-state index contributed by atoms with van der Waals surface area (Å²) in [7, 11) is 0.772. The molecule has 56 heavy (non-hydrogen) atoms. The van der Waals surface area contributed by atoms with E-state index >= 15 is 0 Å². The third kappa shape index (κ3) is 4.66. The number of anilines is 3. The maximum Gasteiger partial charge on any atom is 0.198 e. The summed E-state index contributed by atoms with van der Waals surface area (Å²) in [5.41, 5.74) is 17.3. The van der Waals surface area contributed by atoms with Crippen LogP contribution in [-0.4, -0.2) is 12.3 Å². The van der Waals surface area contributed by atoms with Gasteiger partial charge in [0.05, 0.1) is 5.52 Å². The number of fused-ring (bicyclic) bond motifs is 10. The molecule has 260 valence electrons. The standard InChI is InChI=1S/C52H33BN2O/c1-3-12-32(13-4-1)34-22-26-37(27-23-34)55-44-29-25-36(33-14-5-2-6-15-33)30-42(44)53-51-45(55)31-47-49(39-18-9-10-21-46(39)56-47)50(51)41-20-11-19-40-48-38-17-8-7-16-35(38)24-28-43(48)54-52(40)41/h1-31,53-54H. The molecule has 0 saturated heterocycles. The molecule has 4 heteroatoms. The fraction of sp³-hybridized carbons (Fsp3) is 0. The van der Waals surface area contributed by atoms with Gasteiger partial charge in [-0.05, 0) is 74.4 Å². The number of rotatable bonds is 4. The lowest BCUT2D eigenvalue weighted by Crippen LogP contribution is -2.41. The molecule has 0 bridgehead atoms. The highest BCUT2D eigenvalue weighted by Crippen LogP contribution is 2.46. The lowest BCUT2D eigenvalue weighted by atomic mass is 9.57. The van der Waals surface area contributed by atoms with Gasteiger partial charge >= 0.3 is 0 Å². The van der Waals surface area contributed by atoms with Crippen LogP contribution in [0.3, 0.4) is 0 Å². The van der Waals surface area contributed by atoms with Crippen molar-refractivity contribution in [2.24, 2.45) is 0 Å². The molecule has 0 aliphatic carbocycles. The van der Waals surface area contributed by atoms with E-state index in [4.69, 9.17) is 4.42 Å². The average Bonchev–Trinajstić information content (AvgIpc) is 3.84. The average molecular weight is 713 g/mol. The summed E-state index contributed by atoms with van der Waals surface area (Å²) >= 11 is 0. The number of hydrogen-bond acceptors (Lipinski definition) is 2. The zero-order chi connectivity index (χ0) is 36.7. The molecule has 3 heterocycles. The van der Waals surface area contributed by atoms with Crippen LogP contribution in [0.1, 0.15) is 0 Å². The maximum atomic E-state index is 6.80. The van der Waals surface area contributed by atoms with E-state index in [0.717, 1.165) is 51.6 Å². The highest BCUT2D eigenvalue weighted by atomic mass is 16.3. The molecule has 0 saturated carbocycles. The van der Waals surface area contributed by atoms with Crippen LogP contribution < -0.4 is 15.8 Å². The number of furan rings is 1. The number of benzene rings is 9. The summed E-state index contributed by atoms with van der Waals surface area (Å²) in [4.78, 5) is 6.37. The Morgan fingerprint density at radius 3 is 1.96 bits per heavy atom. The lowest BCUT2D eigenvalue weighted by molar-refractivity contribution is 0.669. The van der Waals surface area contributed by atoms with Crippen molar-refractivity contribution in [1.82, 2.24) is 4.98 Å². The van der Waals surface area contributed by atoms with Crippen molar-refractivity contribution in [2.45, 2.75) is 0 Å². The van der Waals surface area contributed by atoms with E-state index in [1.807, 2.05) is 0 Å². The topological polar surface area (TPSA) is 32.2 Å². The second kappa shape index (κ2) is 12.1. The molecule has 3 nitrogen and oxygen atoms in total. The molecule has 2 aromatic heterocycles. The molecule has 0 unspecified atom stereocenters. The molecular weight excluding hydrogens is 679 g/mol. The van der Waals surface area contributed by atoms with Gasteiger partial charge in [-0.1, -0.05) is 157 Å². The summed E-state index contributed by atoms with van der Waals surface area (Å²) in [5, 5.41) is 7.26. The Morgan fingerprint density at radius 1 is 0.464 bits per heavy atom. The minimum atomic E-state index is 0.772. The van der Waals surface area contributed by atoms with Crippen LogP contribution in [0.2, 0.25) is 0 Å². The first kappa shape index (κ1) is 31.1. The maximum absolute atomic E-state index is 6.80. The number of hydrogen-bond donors (Lipinski definition) is 1. The third-order valence-corrected chi connectivity index (χ3v) is 11.8. The number of aromatic amines is 1. The highest BCUT2D eigenvalue weighted by Gasteiger charge is 2.31. The first-order chi connectivity index (χ1) is 27.8. The zero-order valence-electron chi connectivity index (χ0n) is 30.5. The summed E-state index contributed by atoms with van der Waals surface area (Å²) in [6.07, 6.45) is 0. The van der Waals surface area contributed by atoms with E-state index in [9.17, 15) is 0 Å². The van der Waals surface area contributed by atoms with Crippen molar-refractivity contribution in [1.29, 1.82) is 0 Å². The molecule has 12 rings (SSSR count). The van der Waals surface area contributed by atoms with Gasteiger partial charge in [0.25, 0.3) is 0 Å². The quantitative estimate of drug-likeness (QED) is 0.184. The number of H-pyrrole nitrogens is 1. The Kier molecular flexibility index (Phi) is 6.72. The Bertz CT molecular complexity index is 3330. The van der Waals surface area contributed by atoms with Crippen LogP contribution in [0.25, 0.3) is 87.9 Å². The number of aromatic nitrogens is 1. The Labute approximate surface area is 324 Å². The molecule has 1 aliphatic heterocycles. The summed E-state index contributed by atoms with van der Waals surface area (Å²) < 4.78 is 6.80. The molecule has 1 N–H and O–H groups in total. The monoisotopic (exact) mass is 712 g/mol. The van der Waals surface area contributed by atoms with E-state index in [1.54, 1.807) is 0 Å². The van der Waals surface area contributed by atoms with E-state index in [0.29, 0.717) is 0 Å². The predicted octanol–water partition coefficient (Wildman–Crippen LogP) is 12.5. The van der Waals surface area contributed by atoms with Gasteiger partial charge in [-0.25, -0.2) is 0 Å². The van der Waals surface area contributed by atoms with Crippen LogP contribution in [0.15, 0.2) is 192 Å². The number of para-hydroxylation sites is 2. The number of nitrogens with zero attached hydrogens (tertiary/aromatic N) is 1. The molecule has 9 aromatic carbocycles. The predicted molar refractivity (Wildman–Crippen MR) is 238 cm³/mol. The molecule has 0 atom stereocenters. The van der Waals surface area contributed by atoms with E-state index < -0.39 is 0 Å². The summed E-state index contributed by atoms with van der Waals surface area (Å²) in [6.45, 7) is 0. The van der Waals surface area contributed by atoms with Crippen LogP contribution in [0.4, 0.5) is 17.1 Å². The second-order valence-electron chi connectivity index (χ2n) is 14.9. The van der Waals surface area contributed by atoms with Gasteiger partial charge in [0.15, 0.2) is 7.28 Å². The largest absolute Gasteiger partial charge is 0.456 e. The molecule has 1 aliphatic rings. The van der Waals surface area contributed by atoms with E-state index in [1.165, 1.54) is 71.5 Å². The van der Waals surface area contributed by atoms with Crippen LogP contribution in [-0.2, 0) is 0 Å². The summed E-state index contributed by atoms with van der Waals surface area (Å²) in [6, 6.07) is 68.0. The van der Waals surface area contributed by atoms with Crippen molar-refractivity contribution in [3.05, 3.63) is 188 Å². The third-order valence-electron chi connectivity index (χ3n) is 11.8. The van der Waals surface area contributed by atoms with Crippen molar-refractivity contribution in [2.75, 3.05) is 4.90 Å². The van der Waals surface area contributed by atoms with Crippen LogP contribution in [0, 0.1) is 0 Å². The van der Waals surface area contributed by atoms with Gasteiger partial charge in [-0.2, -0.15) is 0 Å². The van der Waals surface area contributed by atoms with Gasteiger partial charge in [0.2, 0.25) is 0 Å². The molecular formula is C52H33BN2O. The number of nitrogens with one attached hydrogen (secondary N) is 1. The molecule has 0 radical (unpaired) electrons. The van der Waals surface area contributed by atoms with Crippen molar-refractivity contribution in [3.63, 3.8) is 0 Å². The Balaban J connectivity index is 1.17. The minimum absolute atomic E-state index is 0.772. The highest BCUT2D eigenvalue weighted by molar-refractivity contribution is 6.74. The minimum Gasteiger partial charge on any atom is -0.456 e. The lowest BCUT2D eigenvalue weighted by Gasteiger charge is -2.35. The smallest absolute Gasteiger partial charge is 0.198 e. The SMILES string of the molecule is B1c2cc(-c3ccccc3)ccc2N(c2ccc(-c3ccccc3)cc2)c2cc3oc4ccccc4c3c(-c3cccc4c3[nH]c3ccc5ccccc5c34)c21. The van der Waals surface area contributed by atoms with E-state index in [2.05, 4.69) is 198 Å². The molecule has 0 fully saturated rings. The van der Waals surface area contributed by atoms with Crippen molar-refractivity contribution in [3.8, 4) is 33.4 Å². The normalized spacial score (nSPS) is 12.4. The van der Waals surface area contributed by atoms with Gasteiger partial charge in [-0.15, -0.1) is 0 Å². The van der Waals surface area contributed by atoms with Crippen molar-refractivity contribution >= 4 is 89.8 Å². The van der Waals surface area contributed by atoms with Crippen LogP contribution >= 0.6 is 0 Å². The van der Waals surface area contributed by atoms with Gasteiger partial charge in [0.1, 0.15) is 11.2 Å². The first-order valence-electron chi connectivity index (χ1n) is 19.3. The fourth-order valence-electron chi connectivity index (χ4n) is 9.28. The second-order valence-corrected chi connectivity index (χ2v) is 14.9. The van der Waals surface area contributed by atoms with E-state index in [-0.39, 0.29) is 0 Å². The zero-order valence-corrected chi connectivity index (χ0v) is 30.5. The Hall–Kier alpha value is -7.30. The van der Waals surface area contributed by atoms with Gasteiger partial charge in [0, 0.05) is 55.8 Å². The first-order valence-corrected chi connectivity index (χ1v) is 19.3.